The predicted octanol–water partition coefficient (Wildman–Crippen LogP) is 5.57. The first kappa shape index (κ1) is 27.5. The molecule has 1 fully saturated rings. The van der Waals surface area contributed by atoms with E-state index in [0.29, 0.717) is 40.1 Å². The average molecular weight is 591 g/mol. The van der Waals surface area contributed by atoms with E-state index in [9.17, 15) is 19.2 Å². The topological polar surface area (TPSA) is 92.8 Å². The summed E-state index contributed by atoms with van der Waals surface area (Å²) in [6.07, 6.45) is 2.82. The molecule has 3 aromatic carbocycles. The van der Waals surface area contributed by atoms with Gasteiger partial charge in [0.05, 0.1) is 24.0 Å². The molecule has 0 spiro atoms. The SMILES string of the molecule is CCCCCOC(=O)c1ccc(NC(=O)CN2C(=O)[C@@H]3[C@@H](C2=O)C2(Cl)c4ccccc4C3(Cl)c3ccccc32)cc1. The molecular weight excluding hydrogens is 563 g/mol. The number of unbranched alkanes of at least 4 members (excludes halogenated alkanes) is 2. The third-order valence-electron chi connectivity index (χ3n) is 8.36. The molecule has 3 amide bonds. The van der Waals surface area contributed by atoms with Gasteiger partial charge < -0.3 is 10.1 Å². The Bertz CT molecular complexity index is 1450. The zero-order valence-corrected chi connectivity index (χ0v) is 23.9. The lowest BCUT2D eigenvalue weighted by Crippen LogP contribution is -2.57. The molecule has 3 aromatic rings. The number of hydrogen-bond donors (Lipinski definition) is 1. The Labute approximate surface area is 247 Å². The maximum atomic E-state index is 13.9. The summed E-state index contributed by atoms with van der Waals surface area (Å²) in [5.74, 6) is -3.98. The standard InChI is InChI=1S/C32H28Cl2N2O5/c1-2-3-8-17-41-30(40)19-13-15-20(16-14-19)35-25(37)18-36-28(38)26-27(29(36)39)32(34)22-10-5-4-9-21(22)31(26,33)23-11-6-7-12-24(23)32/h4-7,9-16,26-27H,2-3,8,17-18H2,1H3,(H,35,37)/t26-,27-,31?,32?/m0/s1. The summed E-state index contributed by atoms with van der Waals surface area (Å²) in [5, 5.41) is 2.71. The van der Waals surface area contributed by atoms with E-state index < -0.39 is 51.8 Å². The molecule has 210 valence electrons. The van der Waals surface area contributed by atoms with E-state index >= 15 is 0 Å². The van der Waals surface area contributed by atoms with E-state index in [1.165, 1.54) is 0 Å². The van der Waals surface area contributed by atoms with Crippen LogP contribution >= 0.6 is 23.2 Å². The van der Waals surface area contributed by atoms with E-state index in [-0.39, 0.29) is 0 Å². The summed E-state index contributed by atoms with van der Waals surface area (Å²) in [6, 6.07) is 21.0. The van der Waals surface area contributed by atoms with Gasteiger partial charge in [-0.2, -0.15) is 0 Å². The van der Waals surface area contributed by atoms with Crippen LogP contribution in [0.5, 0.6) is 0 Å². The molecule has 1 N–H and O–H groups in total. The molecular formula is C32H28Cl2N2O5. The molecule has 1 saturated heterocycles. The van der Waals surface area contributed by atoms with Gasteiger partial charge in [0.1, 0.15) is 16.3 Å². The highest BCUT2D eigenvalue weighted by molar-refractivity contribution is 6.36. The number of likely N-dealkylation sites (tertiary alicyclic amines) is 1. The van der Waals surface area contributed by atoms with Crippen molar-refractivity contribution in [3.8, 4) is 0 Å². The van der Waals surface area contributed by atoms with Crippen LogP contribution in [0.2, 0.25) is 0 Å². The summed E-state index contributed by atoms with van der Waals surface area (Å²) in [4.78, 5) is 51.4. The Morgan fingerprint density at radius 3 is 1.76 bits per heavy atom. The summed E-state index contributed by atoms with van der Waals surface area (Å²) in [6.45, 7) is 1.94. The molecule has 1 heterocycles. The molecule has 2 atom stereocenters. The van der Waals surface area contributed by atoms with Gasteiger partial charge in [-0.25, -0.2) is 4.79 Å². The maximum absolute atomic E-state index is 13.9. The van der Waals surface area contributed by atoms with E-state index in [1.54, 1.807) is 24.3 Å². The molecule has 4 aliphatic rings. The van der Waals surface area contributed by atoms with E-state index in [0.717, 1.165) is 24.2 Å². The van der Waals surface area contributed by atoms with Crippen molar-refractivity contribution in [1.29, 1.82) is 0 Å². The fourth-order valence-corrected chi connectivity index (χ4v) is 7.61. The Kier molecular flexibility index (Phi) is 6.91. The van der Waals surface area contributed by atoms with Gasteiger partial charge >= 0.3 is 5.97 Å². The second-order valence-corrected chi connectivity index (χ2v) is 11.9. The molecule has 0 saturated carbocycles. The minimum atomic E-state index is -1.30. The fraction of sp³-hybridized carbons (Fsp3) is 0.312. The van der Waals surface area contributed by atoms with Crippen LogP contribution in [-0.4, -0.2) is 41.7 Å². The zero-order chi connectivity index (χ0) is 28.9. The number of esters is 1. The number of alkyl halides is 2. The molecule has 3 aliphatic carbocycles. The number of anilines is 1. The predicted molar refractivity (Wildman–Crippen MR) is 155 cm³/mol. The highest BCUT2D eigenvalue weighted by atomic mass is 35.5. The molecule has 7 nitrogen and oxygen atoms in total. The van der Waals surface area contributed by atoms with Crippen LogP contribution < -0.4 is 5.32 Å². The molecule has 9 heteroatoms. The quantitative estimate of drug-likeness (QED) is 0.160. The van der Waals surface area contributed by atoms with Gasteiger partial charge in [0.15, 0.2) is 0 Å². The Morgan fingerprint density at radius 2 is 1.29 bits per heavy atom. The van der Waals surface area contributed by atoms with Crippen molar-refractivity contribution < 1.29 is 23.9 Å². The Morgan fingerprint density at radius 1 is 0.805 bits per heavy atom. The number of imide groups is 1. The molecule has 7 rings (SSSR count). The van der Waals surface area contributed by atoms with Crippen LogP contribution in [0.4, 0.5) is 5.69 Å². The fourth-order valence-electron chi connectivity index (χ4n) is 6.51. The molecule has 0 aromatic heterocycles. The van der Waals surface area contributed by atoms with Crippen LogP contribution in [0.3, 0.4) is 0 Å². The smallest absolute Gasteiger partial charge is 0.338 e. The van der Waals surface area contributed by atoms with Crippen LogP contribution in [0.1, 0.15) is 58.8 Å². The van der Waals surface area contributed by atoms with Crippen LogP contribution in [-0.2, 0) is 28.9 Å². The summed E-state index contributed by atoms with van der Waals surface area (Å²) < 4.78 is 5.27. The number of carbonyl (C=O) groups is 4. The highest BCUT2D eigenvalue weighted by Gasteiger charge is 2.73. The first-order valence-corrected chi connectivity index (χ1v) is 14.5. The summed E-state index contributed by atoms with van der Waals surface area (Å²) in [7, 11) is 0. The molecule has 0 unspecified atom stereocenters. The maximum Gasteiger partial charge on any atom is 0.338 e. The number of carbonyl (C=O) groups excluding carboxylic acids is 4. The van der Waals surface area contributed by atoms with Crippen molar-refractivity contribution >= 4 is 52.6 Å². The second-order valence-electron chi connectivity index (χ2n) is 10.7. The van der Waals surface area contributed by atoms with Gasteiger partial charge in [0.25, 0.3) is 0 Å². The number of amides is 3. The first-order chi connectivity index (χ1) is 19.7. The molecule has 2 bridgehead atoms. The monoisotopic (exact) mass is 590 g/mol. The van der Waals surface area contributed by atoms with E-state index in [4.69, 9.17) is 27.9 Å². The lowest BCUT2D eigenvalue weighted by atomic mass is 9.54. The van der Waals surface area contributed by atoms with E-state index in [2.05, 4.69) is 12.2 Å². The molecule has 41 heavy (non-hydrogen) atoms. The van der Waals surface area contributed by atoms with Crippen molar-refractivity contribution in [1.82, 2.24) is 4.90 Å². The highest BCUT2D eigenvalue weighted by Crippen LogP contribution is 2.69. The largest absolute Gasteiger partial charge is 0.462 e. The van der Waals surface area contributed by atoms with Crippen LogP contribution in [0.15, 0.2) is 72.8 Å². The normalized spacial score (nSPS) is 25.4. The van der Waals surface area contributed by atoms with Gasteiger partial charge in [-0.15, -0.1) is 23.2 Å². The first-order valence-electron chi connectivity index (χ1n) is 13.7. The third-order valence-corrected chi connectivity index (χ3v) is 9.65. The average Bonchev–Trinajstić information content (AvgIpc) is 3.24. The Balaban J connectivity index is 1.22. The van der Waals surface area contributed by atoms with Crippen LogP contribution in [0, 0.1) is 11.8 Å². The second kappa shape index (κ2) is 10.3. The van der Waals surface area contributed by atoms with Gasteiger partial charge in [-0.1, -0.05) is 68.3 Å². The van der Waals surface area contributed by atoms with Gasteiger partial charge in [0.2, 0.25) is 17.7 Å². The molecule has 0 radical (unpaired) electrons. The third kappa shape index (κ3) is 4.09. The summed E-state index contributed by atoms with van der Waals surface area (Å²) in [5.41, 5.74) is 3.58. The van der Waals surface area contributed by atoms with Crippen molar-refractivity contribution in [3.05, 3.63) is 101 Å². The lowest BCUT2D eigenvalue weighted by Gasteiger charge is -2.54. The van der Waals surface area contributed by atoms with Crippen molar-refractivity contribution in [2.24, 2.45) is 11.8 Å². The lowest BCUT2D eigenvalue weighted by molar-refractivity contribution is -0.142. The van der Waals surface area contributed by atoms with E-state index in [1.807, 2.05) is 48.5 Å². The van der Waals surface area contributed by atoms with Crippen molar-refractivity contribution in [3.63, 3.8) is 0 Å². The number of hydrogen-bond acceptors (Lipinski definition) is 5. The zero-order valence-electron chi connectivity index (χ0n) is 22.4. The number of halogens is 2. The van der Waals surface area contributed by atoms with Crippen molar-refractivity contribution in [2.45, 2.75) is 35.9 Å². The summed E-state index contributed by atoms with van der Waals surface area (Å²) >= 11 is 14.8. The minimum absolute atomic E-state index is 0.356. The number of rotatable bonds is 8. The number of nitrogens with one attached hydrogen (secondary N) is 1. The van der Waals surface area contributed by atoms with Crippen LogP contribution in [0.25, 0.3) is 0 Å². The number of ether oxygens (including phenoxy) is 1. The van der Waals surface area contributed by atoms with Gasteiger partial charge in [-0.3, -0.25) is 19.3 Å². The number of nitrogens with zero attached hydrogens (tertiary/aromatic N) is 1. The number of benzene rings is 3. The minimum Gasteiger partial charge on any atom is -0.462 e. The van der Waals surface area contributed by atoms with Gasteiger partial charge in [-0.05, 0) is 52.9 Å². The van der Waals surface area contributed by atoms with Gasteiger partial charge in [0, 0.05) is 5.69 Å². The molecule has 1 aliphatic heterocycles. The van der Waals surface area contributed by atoms with Crippen molar-refractivity contribution in [2.75, 3.05) is 18.5 Å². The Hall–Kier alpha value is -3.68.